The van der Waals surface area contributed by atoms with E-state index in [1.54, 1.807) is 6.20 Å². The molecule has 0 aliphatic carbocycles. The smallest absolute Gasteiger partial charge is 0.312 e. The van der Waals surface area contributed by atoms with Crippen molar-refractivity contribution in [3.8, 4) is 11.1 Å². The Morgan fingerprint density at radius 3 is 2.30 bits per heavy atom. The second-order valence-electron chi connectivity index (χ2n) is 9.90. The molecule has 1 atom stereocenters. The van der Waals surface area contributed by atoms with Crippen LogP contribution in [0, 0.1) is 0 Å². The van der Waals surface area contributed by atoms with E-state index >= 15 is 0 Å². The second kappa shape index (κ2) is 11.9. The molecule has 4 aromatic rings. The van der Waals surface area contributed by atoms with Crippen molar-refractivity contribution in [2.45, 2.75) is 64.1 Å². The average molecular weight is 505 g/mol. The van der Waals surface area contributed by atoms with E-state index in [0.29, 0.717) is 35.3 Å². The van der Waals surface area contributed by atoms with E-state index < -0.39 is 11.7 Å². The molecule has 0 spiro atoms. The molecule has 1 unspecified atom stereocenters. The molecule has 1 N–H and O–H groups in total. The van der Waals surface area contributed by atoms with Gasteiger partial charge in [0.1, 0.15) is 0 Å². The summed E-state index contributed by atoms with van der Waals surface area (Å²) in [7, 11) is 0. The van der Waals surface area contributed by atoms with Gasteiger partial charge in [0, 0.05) is 35.7 Å². The molecule has 37 heavy (non-hydrogen) atoms. The fraction of sp³-hybridized carbons (Fsp3) is 0.344. The number of halogens is 3. The molecule has 0 saturated carbocycles. The molecule has 0 aliphatic rings. The summed E-state index contributed by atoms with van der Waals surface area (Å²) < 4.78 is 41.7. The highest BCUT2D eigenvalue weighted by atomic mass is 19.4. The molecule has 3 aromatic carbocycles. The maximum Gasteiger partial charge on any atom is 0.416 e. The molecule has 5 heteroatoms. The SMILES string of the molecule is CCCCC(CCC)(CNCc1cc(-c2cccc3cccnc23)cc(C(F)(F)F)c1)c1ccccc1. The van der Waals surface area contributed by atoms with E-state index in [9.17, 15) is 13.2 Å². The van der Waals surface area contributed by atoms with Crippen molar-refractivity contribution in [2.24, 2.45) is 0 Å². The number of para-hydroxylation sites is 1. The summed E-state index contributed by atoms with van der Waals surface area (Å²) in [5, 5.41) is 4.45. The zero-order valence-electron chi connectivity index (χ0n) is 21.6. The van der Waals surface area contributed by atoms with E-state index in [-0.39, 0.29) is 5.41 Å². The van der Waals surface area contributed by atoms with Gasteiger partial charge in [-0.2, -0.15) is 13.2 Å². The highest BCUT2D eigenvalue weighted by Gasteiger charge is 2.32. The number of pyridine rings is 1. The van der Waals surface area contributed by atoms with Gasteiger partial charge in [-0.05, 0) is 53.8 Å². The topological polar surface area (TPSA) is 24.9 Å². The predicted molar refractivity (Wildman–Crippen MR) is 146 cm³/mol. The number of benzene rings is 3. The van der Waals surface area contributed by atoms with Crippen LogP contribution in [0.1, 0.15) is 62.6 Å². The Balaban J connectivity index is 1.66. The Kier molecular flexibility index (Phi) is 8.65. The lowest BCUT2D eigenvalue weighted by molar-refractivity contribution is -0.137. The van der Waals surface area contributed by atoms with Crippen molar-refractivity contribution in [3.05, 3.63) is 102 Å². The van der Waals surface area contributed by atoms with E-state index in [1.165, 1.54) is 17.7 Å². The molecule has 1 heterocycles. The van der Waals surface area contributed by atoms with Crippen LogP contribution in [0.25, 0.3) is 22.0 Å². The van der Waals surface area contributed by atoms with Crippen LogP contribution < -0.4 is 5.32 Å². The Morgan fingerprint density at radius 2 is 1.57 bits per heavy atom. The highest BCUT2D eigenvalue weighted by molar-refractivity contribution is 5.93. The Bertz CT molecular complexity index is 1300. The first kappa shape index (κ1) is 26.9. The number of unbranched alkanes of at least 4 members (excludes halogenated alkanes) is 1. The summed E-state index contributed by atoms with van der Waals surface area (Å²) in [6.07, 6.45) is 2.58. The van der Waals surface area contributed by atoms with Crippen LogP contribution in [-0.2, 0) is 18.1 Å². The third kappa shape index (κ3) is 6.40. The quantitative estimate of drug-likeness (QED) is 0.220. The van der Waals surface area contributed by atoms with Gasteiger partial charge in [-0.3, -0.25) is 4.98 Å². The summed E-state index contributed by atoms with van der Waals surface area (Å²) in [4.78, 5) is 4.46. The van der Waals surface area contributed by atoms with Crippen molar-refractivity contribution in [1.29, 1.82) is 0 Å². The molecular formula is C32H35F3N2. The van der Waals surface area contributed by atoms with Gasteiger partial charge in [-0.25, -0.2) is 0 Å². The standard InChI is InChI=1S/C32H35F3N2/c1-3-5-17-31(16-4-2,27-13-7-6-8-14-27)23-36-22-24-19-26(21-28(20-24)32(33,34)35)29-15-9-11-25-12-10-18-37-30(25)29/h6-15,18-21,36H,3-5,16-17,22-23H2,1-2H3. The summed E-state index contributed by atoms with van der Waals surface area (Å²) in [5.41, 5.74) is 3.17. The monoisotopic (exact) mass is 504 g/mol. The lowest BCUT2D eigenvalue weighted by atomic mass is 9.73. The molecule has 0 fully saturated rings. The molecule has 0 aliphatic heterocycles. The van der Waals surface area contributed by atoms with Crippen LogP contribution in [-0.4, -0.2) is 11.5 Å². The first-order chi connectivity index (χ1) is 17.9. The minimum Gasteiger partial charge on any atom is -0.312 e. The maximum absolute atomic E-state index is 13.9. The van der Waals surface area contributed by atoms with Crippen LogP contribution >= 0.6 is 0 Å². The van der Waals surface area contributed by atoms with E-state index in [1.807, 2.05) is 42.5 Å². The first-order valence-electron chi connectivity index (χ1n) is 13.2. The van der Waals surface area contributed by atoms with E-state index in [4.69, 9.17) is 0 Å². The minimum atomic E-state index is -4.43. The first-order valence-corrected chi connectivity index (χ1v) is 13.2. The molecule has 0 bridgehead atoms. The molecule has 4 rings (SSSR count). The van der Waals surface area contributed by atoms with Gasteiger partial charge < -0.3 is 5.32 Å². The number of nitrogens with one attached hydrogen (secondary N) is 1. The van der Waals surface area contributed by atoms with Crippen molar-refractivity contribution >= 4 is 10.9 Å². The third-order valence-electron chi connectivity index (χ3n) is 7.18. The zero-order valence-corrected chi connectivity index (χ0v) is 21.6. The van der Waals surface area contributed by atoms with Crippen LogP contribution in [0.3, 0.4) is 0 Å². The van der Waals surface area contributed by atoms with Crippen molar-refractivity contribution in [3.63, 3.8) is 0 Å². The fourth-order valence-corrected chi connectivity index (χ4v) is 5.37. The highest BCUT2D eigenvalue weighted by Crippen LogP contribution is 2.37. The number of fused-ring (bicyclic) bond motifs is 1. The number of rotatable bonds is 11. The molecule has 0 amide bonds. The van der Waals surface area contributed by atoms with Crippen LogP contribution in [0.15, 0.2) is 85.1 Å². The van der Waals surface area contributed by atoms with Crippen LogP contribution in [0.2, 0.25) is 0 Å². The number of hydrogen-bond acceptors (Lipinski definition) is 2. The fourth-order valence-electron chi connectivity index (χ4n) is 5.37. The van der Waals surface area contributed by atoms with Gasteiger partial charge in [0.2, 0.25) is 0 Å². The molecule has 194 valence electrons. The Morgan fingerprint density at radius 1 is 0.784 bits per heavy atom. The van der Waals surface area contributed by atoms with Gasteiger partial charge in [-0.1, -0.05) is 87.7 Å². The number of nitrogens with zero attached hydrogens (tertiary/aromatic N) is 1. The largest absolute Gasteiger partial charge is 0.416 e. The van der Waals surface area contributed by atoms with Gasteiger partial charge in [0.15, 0.2) is 0 Å². The van der Waals surface area contributed by atoms with Crippen molar-refractivity contribution in [2.75, 3.05) is 6.54 Å². The maximum atomic E-state index is 13.9. The van der Waals surface area contributed by atoms with E-state index in [0.717, 1.165) is 37.5 Å². The van der Waals surface area contributed by atoms with Crippen molar-refractivity contribution < 1.29 is 13.2 Å². The number of hydrogen-bond donors (Lipinski definition) is 1. The normalized spacial score (nSPS) is 13.5. The second-order valence-corrected chi connectivity index (χ2v) is 9.90. The predicted octanol–water partition coefficient (Wildman–Crippen LogP) is 8.94. The Hall–Kier alpha value is -3.18. The third-order valence-corrected chi connectivity index (χ3v) is 7.18. The van der Waals surface area contributed by atoms with Gasteiger partial charge in [0.05, 0.1) is 11.1 Å². The molecule has 0 radical (unpaired) electrons. The molecule has 2 nitrogen and oxygen atoms in total. The lowest BCUT2D eigenvalue weighted by Gasteiger charge is -2.35. The summed E-state index contributed by atoms with van der Waals surface area (Å²) in [6, 6.07) is 24.3. The van der Waals surface area contributed by atoms with Gasteiger partial charge >= 0.3 is 6.18 Å². The van der Waals surface area contributed by atoms with Gasteiger partial charge in [0.25, 0.3) is 0 Å². The molecular weight excluding hydrogens is 469 g/mol. The zero-order chi connectivity index (χ0) is 26.3. The number of alkyl halides is 3. The summed E-state index contributed by atoms with van der Waals surface area (Å²) >= 11 is 0. The number of aromatic nitrogens is 1. The Labute approximate surface area is 218 Å². The average Bonchev–Trinajstić information content (AvgIpc) is 2.91. The van der Waals surface area contributed by atoms with Crippen LogP contribution in [0.5, 0.6) is 0 Å². The molecule has 0 saturated heterocycles. The van der Waals surface area contributed by atoms with Gasteiger partial charge in [-0.15, -0.1) is 0 Å². The minimum absolute atomic E-state index is 0.0456. The lowest BCUT2D eigenvalue weighted by Crippen LogP contribution is -2.38. The summed E-state index contributed by atoms with van der Waals surface area (Å²) in [5.74, 6) is 0. The summed E-state index contributed by atoms with van der Waals surface area (Å²) in [6.45, 7) is 5.47. The van der Waals surface area contributed by atoms with Crippen molar-refractivity contribution in [1.82, 2.24) is 10.3 Å². The van der Waals surface area contributed by atoms with E-state index in [2.05, 4.69) is 48.4 Å². The molecule has 1 aromatic heterocycles. The van der Waals surface area contributed by atoms with Crippen LogP contribution in [0.4, 0.5) is 13.2 Å².